The summed E-state index contributed by atoms with van der Waals surface area (Å²) in [5.74, 6) is 1.73. The number of hydrogen-bond acceptors (Lipinski definition) is 5. The predicted octanol–water partition coefficient (Wildman–Crippen LogP) is 4.25. The van der Waals surface area contributed by atoms with Gasteiger partial charge in [-0.05, 0) is 80.4 Å². The van der Waals surface area contributed by atoms with Crippen molar-refractivity contribution in [2.75, 3.05) is 38.2 Å². The largest absolute Gasteiger partial charge is 0.497 e. The van der Waals surface area contributed by atoms with Crippen molar-refractivity contribution in [1.29, 1.82) is 0 Å². The zero-order valence-electron chi connectivity index (χ0n) is 19.9. The summed E-state index contributed by atoms with van der Waals surface area (Å²) in [6, 6.07) is 23.5. The predicted molar refractivity (Wildman–Crippen MR) is 136 cm³/mol. The van der Waals surface area contributed by atoms with E-state index in [-0.39, 0.29) is 18.4 Å². The molecular formula is C28H31N3O4. The Balaban J connectivity index is 1.58. The van der Waals surface area contributed by atoms with Crippen LogP contribution in [0.15, 0.2) is 78.9 Å². The van der Waals surface area contributed by atoms with Crippen LogP contribution in [0.1, 0.15) is 23.2 Å². The number of carbonyl (C=O) groups excluding carboxylic acids is 2. The van der Waals surface area contributed by atoms with Crippen molar-refractivity contribution in [3.8, 4) is 17.2 Å². The van der Waals surface area contributed by atoms with Gasteiger partial charge in [0.25, 0.3) is 5.91 Å². The molecule has 0 bridgehead atoms. The molecule has 7 heteroatoms. The minimum Gasteiger partial charge on any atom is -0.497 e. The van der Waals surface area contributed by atoms with E-state index in [1.165, 1.54) is 4.90 Å². The van der Waals surface area contributed by atoms with Gasteiger partial charge in [0.2, 0.25) is 5.91 Å². The first-order chi connectivity index (χ1) is 17.1. The SMILES string of the molecule is COc1ccc(C(=O)N(CC(=O)NCC2CCNCC2)c2ccccc2Oc2ccccc2)cc1. The summed E-state index contributed by atoms with van der Waals surface area (Å²) >= 11 is 0. The van der Waals surface area contributed by atoms with Crippen LogP contribution in [-0.2, 0) is 4.79 Å². The first-order valence-electron chi connectivity index (χ1n) is 11.9. The van der Waals surface area contributed by atoms with E-state index in [2.05, 4.69) is 10.6 Å². The fourth-order valence-corrected chi connectivity index (χ4v) is 4.08. The first kappa shape index (κ1) is 24.3. The van der Waals surface area contributed by atoms with Gasteiger partial charge in [-0.1, -0.05) is 30.3 Å². The lowest BCUT2D eigenvalue weighted by molar-refractivity contribution is -0.119. The molecule has 1 fully saturated rings. The zero-order chi connectivity index (χ0) is 24.5. The fourth-order valence-electron chi connectivity index (χ4n) is 4.08. The van der Waals surface area contributed by atoms with Crippen LogP contribution in [0.3, 0.4) is 0 Å². The molecule has 1 aliphatic rings. The maximum atomic E-state index is 13.6. The number of piperidine rings is 1. The third-order valence-electron chi connectivity index (χ3n) is 6.06. The Labute approximate surface area is 206 Å². The lowest BCUT2D eigenvalue weighted by atomic mass is 9.98. The van der Waals surface area contributed by atoms with Crippen LogP contribution in [0.2, 0.25) is 0 Å². The molecule has 7 nitrogen and oxygen atoms in total. The summed E-state index contributed by atoms with van der Waals surface area (Å²) < 4.78 is 11.3. The minimum absolute atomic E-state index is 0.120. The highest BCUT2D eigenvalue weighted by molar-refractivity contribution is 6.09. The van der Waals surface area contributed by atoms with Gasteiger partial charge in [-0.2, -0.15) is 0 Å². The lowest BCUT2D eigenvalue weighted by Gasteiger charge is -2.26. The maximum Gasteiger partial charge on any atom is 0.258 e. The standard InChI is InChI=1S/C28H31N3O4/c1-34-23-13-11-22(12-14-23)28(33)31(20-27(32)30-19-21-15-17-29-18-16-21)25-9-5-6-10-26(25)35-24-7-3-2-4-8-24/h2-14,21,29H,15-20H2,1H3,(H,30,32). The third-order valence-corrected chi connectivity index (χ3v) is 6.06. The minimum atomic E-state index is -0.297. The van der Waals surface area contributed by atoms with Gasteiger partial charge < -0.3 is 20.1 Å². The van der Waals surface area contributed by atoms with Gasteiger partial charge in [0.05, 0.1) is 12.8 Å². The summed E-state index contributed by atoms with van der Waals surface area (Å²) in [7, 11) is 1.58. The van der Waals surface area contributed by atoms with Crippen LogP contribution in [0.4, 0.5) is 5.69 Å². The summed E-state index contributed by atoms with van der Waals surface area (Å²) in [6.45, 7) is 2.41. The summed E-state index contributed by atoms with van der Waals surface area (Å²) in [4.78, 5) is 28.1. The Morgan fingerprint density at radius 1 is 0.914 bits per heavy atom. The molecule has 2 N–H and O–H groups in total. The number of para-hydroxylation sites is 3. The molecule has 0 unspecified atom stereocenters. The topological polar surface area (TPSA) is 79.9 Å². The summed E-state index contributed by atoms with van der Waals surface area (Å²) in [5.41, 5.74) is 0.973. The number of hydrogen-bond donors (Lipinski definition) is 2. The highest BCUT2D eigenvalue weighted by Crippen LogP contribution is 2.33. The van der Waals surface area contributed by atoms with Gasteiger partial charge in [0.1, 0.15) is 18.0 Å². The smallest absolute Gasteiger partial charge is 0.258 e. The van der Waals surface area contributed by atoms with Gasteiger partial charge in [-0.15, -0.1) is 0 Å². The van der Waals surface area contributed by atoms with Crippen LogP contribution >= 0.6 is 0 Å². The van der Waals surface area contributed by atoms with Gasteiger partial charge >= 0.3 is 0 Å². The van der Waals surface area contributed by atoms with E-state index in [0.29, 0.717) is 41.0 Å². The van der Waals surface area contributed by atoms with Gasteiger partial charge in [0.15, 0.2) is 5.75 Å². The molecule has 35 heavy (non-hydrogen) atoms. The van der Waals surface area contributed by atoms with Gasteiger partial charge in [-0.25, -0.2) is 0 Å². The molecule has 1 heterocycles. The molecule has 182 valence electrons. The number of ether oxygens (including phenoxy) is 2. The molecule has 3 aromatic carbocycles. The van der Waals surface area contributed by atoms with Crippen molar-refractivity contribution in [2.45, 2.75) is 12.8 Å². The highest BCUT2D eigenvalue weighted by atomic mass is 16.5. The van der Waals surface area contributed by atoms with Crippen molar-refractivity contribution in [2.24, 2.45) is 5.92 Å². The fraction of sp³-hybridized carbons (Fsp3) is 0.286. The Hall–Kier alpha value is -3.84. The first-order valence-corrected chi connectivity index (χ1v) is 11.9. The Morgan fingerprint density at radius 2 is 1.60 bits per heavy atom. The number of carbonyl (C=O) groups is 2. The number of nitrogens with zero attached hydrogens (tertiary/aromatic N) is 1. The van der Waals surface area contributed by atoms with Crippen molar-refractivity contribution in [3.05, 3.63) is 84.4 Å². The zero-order valence-corrected chi connectivity index (χ0v) is 19.9. The van der Waals surface area contributed by atoms with Crippen molar-refractivity contribution < 1.29 is 19.1 Å². The van der Waals surface area contributed by atoms with E-state index in [9.17, 15) is 9.59 Å². The normalized spacial score (nSPS) is 13.6. The second kappa shape index (κ2) is 12.0. The molecule has 4 rings (SSSR count). The Kier molecular flexibility index (Phi) is 8.35. The number of anilines is 1. The summed E-state index contributed by atoms with van der Waals surface area (Å²) in [6.07, 6.45) is 2.06. The number of rotatable bonds is 9. The maximum absolute atomic E-state index is 13.6. The molecule has 1 saturated heterocycles. The van der Waals surface area contributed by atoms with Crippen molar-refractivity contribution in [3.63, 3.8) is 0 Å². The van der Waals surface area contributed by atoms with E-state index in [1.807, 2.05) is 42.5 Å². The average Bonchev–Trinajstić information content (AvgIpc) is 2.92. The molecule has 0 aromatic heterocycles. The highest BCUT2D eigenvalue weighted by Gasteiger charge is 2.24. The van der Waals surface area contributed by atoms with Crippen molar-refractivity contribution >= 4 is 17.5 Å². The van der Waals surface area contributed by atoms with Gasteiger partial charge in [-0.3, -0.25) is 14.5 Å². The molecule has 0 atom stereocenters. The molecule has 0 aliphatic carbocycles. The molecular weight excluding hydrogens is 442 g/mol. The van der Waals surface area contributed by atoms with Crippen LogP contribution in [0.25, 0.3) is 0 Å². The van der Waals surface area contributed by atoms with Crippen LogP contribution < -0.4 is 25.0 Å². The third kappa shape index (κ3) is 6.61. The molecule has 1 aliphatic heterocycles. The van der Waals surface area contributed by atoms with Crippen LogP contribution in [0.5, 0.6) is 17.2 Å². The Morgan fingerprint density at radius 3 is 2.31 bits per heavy atom. The van der Waals surface area contributed by atoms with E-state index in [1.54, 1.807) is 43.5 Å². The number of nitrogens with one attached hydrogen (secondary N) is 2. The molecule has 2 amide bonds. The van der Waals surface area contributed by atoms with Gasteiger partial charge in [0, 0.05) is 12.1 Å². The van der Waals surface area contributed by atoms with E-state index in [4.69, 9.17) is 9.47 Å². The Bertz CT molecular complexity index is 1110. The lowest BCUT2D eigenvalue weighted by Crippen LogP contribution is -2.43. The summed E-state index contributed by atoms with van der Waals surface area (Å²) in [5, 5.41) is 6.36. The quantitative estimate of drug-likeness (QED) is 0.486. The van der Waals surface area contributed by atoms with E-state index in [0.717, 1.165) is 25.9 Å². The second-order valence-electron chi connectivity index (χ2n) is 8.50. The molecule has 0 spiro atoms. The van der Waals surface area contributed by atoms with Crippen LogP contribution in [0, 0.1) is 5.92 Å². The molecule has 0 saturated carbocycles. The van der Waals surface area contributed by atoms with E-state index >= 15 is 0 Å². The van der Waals surface area contributed by atoms with E-state index < -0.39 is 0 Å². The van der Waals surface area contributed by atoms with Crippen molar-refractivity contribution in [1.82, 2.24) is 10.6 Å². The number of methoxy groups -OCH3 is 1. The monoisotopic (exact) mass is 473 g/mol. The number of amides is 2. The van der Waals surface area contributed by atoms with Crippen LogP contribution in [-0.4, -0.2) is 45.1 Å². The second-order valence-corrected chi connectivity index (χ2v) is 8.50. The molecule has 0 radical (unpaired) electrons. The average molecular weight is 474 g/mol. The molecule has 3 aromatic rings. The number of benzene rings is 3.